The number of para-hydroxylation sites is 1. The van der Waals surface area contributed by atoms with E-state index in [1.165, 1.54) is 4.88 Å². The predicted molar refractivity (Wildman–Crippen MR) is 111 cm³/mol. The second kappa shape index (κ2) is 8.45. The van der Waals surface area contributed by atoms with Crippen molar-refractivity contribution in [1.82, 2.24) is 4.90 Å². The molecule has 0 radical (unpaired) electrons. The zero-order valence-electron chi connectivity index (χ0n) is 16.0. The summed E-state index contributed by atoms with van der Waals surface area (Å²) in [6, 6.07) is 13.9. The topological polar surface area (TPSA) is 49.9 Å². The van der Waals surface area contributed by atoms with Crippen molar-refractivity contribution in [2.75, 3.05) is 31.1 Å². The number of thiophene rings is 1. The van der Waals surface area contributed by atoms with Gasteiger partial charge in [0.1, 0.15) is 6.61 Å². The molecule has 1 unspecified atom stereocenters. The molecule has 3 heterocycles. The van der Waals surface area contributed by atoms with Crippen LogP contribution in [0.4, 0.5) is 5.69 Å². The Morgan fingerprint density at radius 3 is 2.75 bits per heavy atom. The molecule has 2 aliphatic rings. The van der Waals surface area contributed by atoms with Crippen LogP contribution in [-0.4, -0.2) is 48.6 Å². The molecule has 2 amide bonds. The van der Waals surface area contributed by atoms with E-state index in [4.69, 9.17) is 4.74 Å². The quantitative estimate of drug-likeness (QED) is 0.792. The molecule has 0 N–H and O–H groups in total. The molecule has 1 spiro atoms. The van der Waals surface area contributed by atoms with Gasteiger partial charge >= 0.3 is 0 Å². The van der Waals surface area contributed by atoms with E-state index in [9.17, 15) is 9.59 Å². The summed E-state index contributed by atoms with van der Waals surface area (Å²) in [6.07, 6.45) is 3.92. The number of ether oxygens (including phenoxy) is 1. The molecular weight excluding hydrogens is 372 g/mol. The highest BCUT2D eigenvalue weighted by Crippen LogP contribution is 2.33. The Bertz CT molecular complexity index is 808. The predicted octanol–water partition coefficient (Wildman–Crippen LogP) is 3.50. The minimum absolute atomic E-state index is 0.00459. The molecule has 6 heteroatoms. The van der Waals surface area contributed by atoms with Crippen molar-refractivity contribution in [2.45, 2.75) is 37.7 Å². The minimum Gasteiger partial charge on any atom is -0.363 e. The Balaban J connectivity index is 1.38. The van der Waals surface area contributed by atoms with Gasteiger partial charge in [0, 0.05) is 30.1 Å². The monoisotopic (exact) mass is 398 g/mol. The first-order valence-corrected chi connectivity index (χ1v) is 10.8. The Kier molecular flexibility index (Phi) is 5.78. The number of benzene rings is 1. The normalized spacial score (nSPS) is 23.1. The third-order valence-electron chi connectivity index (χ3n) is 5.73. The fourth-order valence-corrected chi connectivity index (χ4v) is 4.83. The van der Waals surface area contributed by atoms with Crippen molar-refractivity contribution in [2.24, 2.45) is 0 Å². The standard InChI is InChI=1S/C22H26N2O3S/c25-20(10-9-19-8-4-15-28-19)23-13-5-11-22(12-14-23)17-24(21(26)16-27-22)18-6-2-1-3-7-18/h1-4,6-8,15H,5,9-14,16-17H2. The zero-order valence-corrected chi connectivity index (χ0v) is 16.8. The maximum Gasteiger partial charge on any atom is 0.253 e. The van der Waals surface area contributed by atoms with Gasteiger partial charge in [0.05, 0.1) is 12.1 Å². The van der Waals surface area contributed by atoms with E-state index < -0.39 is 0 Å². The van der Waals surface area contributed by atoms with Crippen LogP contribution in [0.3, 0.4) is 0 Å². The molecule has 4 rings (SSSR count). The van der Waals surface area contributed by atoms with Crippen LogP contribution in [0.5, 0.6) is 0 Å². The average Bonchev–Trinajstić information content (AvgIpc) is 3.16. The minimum atomic E-state index is -0.355. The SMILES string of the molecule is O=C(CCc1cccs1)N1CCCC2(CC1)CN(c1ccccc1)C(=O)CO2. The molecule has 1 aromatic heterocycles. The highest BCUT2D eigenvalue weighted by molar-refractivity contribution is 7.09. The zero-order chi connectivity index (χ0) is 19.4. The maximum atomic E-state index is 12.7. The van der Waals surface area contributed by atoms with E-state index in [1.54, 1.807) is 11.3 Å². The van der Waals surface area contributed by atoms with Crippen LogP contribution in [0.15, 0.2) is 47.8 Å². The third kappa shape index (κ3) is 4.28. The molecular formula is C22H26N2O3S. The van der Waals surface area contributed by atoms with Gasteiger partial charge in [-0.25, -0.2) is 0 Å². The molecule has 1 atom stereocenters. The van der Waals surface area contributed by atoms with Crippen LogP contribution in [0, 0.1) is 0 Å². The molecule has 2 saturated heterocycles. The molecule has 28 heavy (non-hydrogen) atoms. The van der Waals surface area contributed by atoms with Gasteiger partial charge in [0.2, 0.25) is 5.91 Å². The van der Waals surface area contributed by atoms with Crippen molar-refractivity contribution in [3.63, 3.8) is 0 Å². The van der Waals surface area contributed by atoms with Crippen LogP contribution in [0.1, 0.15) is 30.6 Å². The van der Waals surface area contributed by atoms with E-state index >= 15 is 0 Å². The van der Waals surface area contributed by atoms with Gasteiger partial charge in [0.25, 0.3) is 5.91 Å². The van der Waals surface area contributed by atoms with Crippen LogP contribution in [-0.2, 0) is 20.7 Å². The summed E-state index contributed by atoms with van der Waals surface area (Å²) in [5.74, 6) is 0.224. The first kappa shape index (κ1) is 19.2. The van der Waals surface area contributed by atoms with E-state index in [2.05, 4.69) is 11.4 Å². The summed E-state index contributed by atoms with van der Waals surface area (Å²) in [7, 11) is 0. The van der Waals surface area contributed by atoms with Crippen LogP contribution < -0.4 is 4.90 Å². The van der Waals surface area contributed by atoms with E-state index in [1.807, 2.05) is 46.2 Å². The van der Waals surface area contributed by atoms with Gasteiger partial charge in [0.15, 0.2) is 0 Å². The smallest absolute Gasteiger partial charge is 0.253 e. The Morgan fingerprint density at radius 1 is 1.11 bits per heavy atom. The maximum absolute atomic E-state index is 12.7. The Morgan fingerprint density at radius 2 is 1.96 bits per heavy atom. The second-order valence-corrected chi connectivity index (χ2v) is 8.63. The lowest BCUT2D eigenvalue weighted by molar-refractivity contribution is -0.141. The summed E-state index contributed by atoms with van der Waals surface area (Å²) in [5.41, 5.74) is 0.565. The number of rotatable bonds is 4. The van der Waals surface area contributed by atoms with Gasteiger partial charge < -0.3 is 14.5 Å². The van der Waals surface area contributed by atoms with Crippen LogP contribution in [0.2, 0.25) is 0 Å². The van der Waals surface area contributed by atoms with Crippen molar-refractivity contribution < 1.29 is 14.3 Å². The molecule has 2 aromatic rings. The largest absolute Gasteiger partial charge is 0.363 e. The molecule has 5 nitrogen and oxygen atoms in total. The first-order valence-electron chi connectivity index (χ1n) is 9.95. The van der Waals surface area contributed by atoms with E-state index in [0.717, 1.165) is 37.9 Å². The number of hydrogen-bond donors (Lipinski definition) is 0. The fraction of sp³-hybridized carbons (Fsp3) is 0.455. The molecule has 0 saturated carbocycles. The second-order valence-electron chi connectivity index (χ2n) is 7.60. The van der Waals surface area contributed by atoms with Crippen molar-refractivity contribution in [1.29, 1.82) is 0 Å². The number of carbonyl (C=O) groups excluding carboxylic acids is 2. The summed E-state index contributed by atoms with van der Waals surface area (Å²) in [4.78, 5) is 30.2. The number of amides is 2. The molecule has 148 valence electrons. The summed E-state index contributed by atoms with van der Waals surface area (Å²) < 4.78 is 6.07. The number of carbonyl (C=O) groups is 2. The van der Waals surface area contributed by atoms with Gasteiger partial charge in [-0.05, 0) is 49.3 Å². The van der Waals surface area contributed by atoms with Crippen molar-refractivity contribution in [3.05, 3.63) is 52.7 Å². The van der Waals surface area contributed by atoms with Gasteiger partial charge in [-0.1, -0.05) is 24.3 Å². The molecule has 0 aliphatic carbocycles. The Labute approximate surface area is 169 Å². The highest BCUT2D eigenvalue weighted by atomic mass is 32.1. The number of hydrogen-bond acceptors (Lipinski definition) is 4. The molecule has 2 aliphatic heterocycles. The fourth-order valence-electron chi connectivity index (χ4n) is 4.12. The highest BCUT2D eigenvalue weighted by Gasteiger charge is 2.41. The number of likely N-dealkylation sites (tertiary alicyclic amines) is 1. The van der Waals surface area contributed by atoms with Gasteiger partial charge in [-0.15, -0.1) is 11.3 Å². The average molecular weight is 399 g/mol. The first-order chi connectivity index (χ1) is 13.7. The summed E-state index contributed by atoms with van der Waals surface area (Å²) >= 11 is 1.70. The van der Waals surface area contributed by atoms with Crippen LogP contribution in [0.25, 0.3) is 0 Å². The lowest BCUT2D eigenvalue weighted by Gasteiger charge is -2.42. The van der Waals surface area contributed by atoms with Crippen LogP contribution >= 0.6 is 11.3 Å². The number of aryl methyl sites for hydroxylation is 1. The van der Waals surface area contributed by atoms with Gasteiger partial charge in [-0.2, -0.15) is 0 Å². The van der Waals surface area contributed by atoms with Gasteiger partial charge in [-0.3, -0.25) is 9.59 Å². The summed E-state index contributed by atoms with van der Waals surface area (Å²) in [6.45, 7) is 2.14. The molecule has 0 bridgehead atoms. The van der Waals surface area contributed by atoms with Crippen molar-refractivity contribution >= 4 is 28.8 Å². The lowest BCUT2D eigenvalue weighted by atomic mass is 9.92. The molecule has 2 fully saturated rings. The van der Waals surface area contributed by atoms with Crippen molar-refractivity contribution in [3.8, 4) is 0 Å². The third-order valence-corrected chi connectivity index (χ3v) is 6.67. The van der Waals surface area contributed by atoms with E-state index in [-0.39, 0.29) is 24.0 Å². The number of nitrogens with zero attached hydrogens (tertiary/aromatic N) is 2. The Hall–Kier alpha value is -2.18. The summed E-state index contributed by atoms with van der Waals surface area (Å²) in [5, 5.41) is 2.05. The van der Waals surface area contributed by atoms with E-state index in [0.29, 0.717) is 19.5 Å². The number of morpholine rings is 1. The lowest BCUT2D eigenvalue weighted by Crippen LogP contribution is -2.55. The number of anilines is 1. The molecule has 1 aromatic carbocycles.